The topological polar surface area (TPSA) is 0 Å². The second-order valence-corrected chi connectivity index (χ2v) is 17.3. The Hall–Kier alpha value is -0.957. The maximum atomic E-state index is 6.94. The molecular weight excluding hydrogens is 360 g/mol. The zero-order valence-corrected chi connectivity index (χ0v) is 15.1. The molecule has 0 amide bonds. The summed E-state index contributed by atoms with van der Waals surface area (Å²) in [6.45, 7) is 0. The van der Waals surface area contributed by atoms with Crippen LogP contribution in [0.15, 0.2) is 65.1 Å². The molecule has 21 heavy (non-hydrogen) atoms. The summed E-state index contributed by atoms with van der Waals surface area (Å²) in [6, 6.07) is 15.0. The Bertz CT molecular complexity index is 788. The maximum absolute atomic E-state index is 6.94. The van der Waals surface area contributed by atoms with Gasteiger partial charge in [-0.3, -0.25) is 0 Å². The van der Waals surface area contributed by atoms with Gasteiger partial charge in [-0.1, -0.05) is 0 Å². The molecule has 0 spiro atoms. The molecule has 0 aliphatic heterocycles. The van der Waals surface area contributed by atoms with Gasteiger partial charge in [-0.15, -0.1) is 0 Å². The molecule has 4 rings (SSSR count). The first kappa shape index (κ1) is 13.7. The van der Waals surface area contributed by atoms with Crippen LogP contribution in [0.2, 0.25) is 0 Å². The van der Waals surface area contributed by atoms with Gasteiger partial charge in [-0.2, -0.15) is 0 Å². The Morgan fingerprint density at radius 3 is 2.52 bits per heavy atom. The van der Waals surface area contributed by atoms with E-state index in [-0.39, 0.29) is 0 Å². The summed E-state index contributed by atoms with van der Waals surface area (Å²) in [5, 5.41) is 0. The second kappa shape index (κ2) is 5.05. The third-order valence-electron chi connectivity index (χ3n) is 4.36. The van der Waals surface area contributed by atoms with Crippen LogP contribution in [0.1, 0.15) is 17.5 Å². The van der Waals surface area contributed by atoms with Gasteiger partial charge in [0.05, 0.1) is 0 Å². The number of fused-ring (bicyclic) bond motifs is 3. The van der Waals surface area contributed by atoms with Gasteiger partial charge in [0.1, 0.15) is 0 Å². The fourth-order valence-corrected chi connectivity index (χ4v) is 10.7. The Morgan fingerprint density at radius 1 is 0.905 bits per heavy atom. The van der Waals surface area contributed by atoms with E-state index < -0.39 is 11.4 Å². The molecule has 0 nitrogen and oxygen atoms in total. The van der Waals surface area contributed by atoms with Crippen molar-refractivity contribution >= 4 is 35.8 Å². The van der Waals surface area contributed by atoms with E-state index in [4.69, 9.17) is 20.0 Å². The van der Waals surface area contributed by atoms with Crippen LogP contribution >= 0.6 is 20.0 Å². The monoisotopic (exact) mass is 374 g/mol. The number of hydrogen-bond acceptors (Lipinski definition) is 0. The van der Waals surface area contributed by atoms with E-state index in [1.165, 1.54) is 31.1 Å². The molecule has 0 unspecified atom stereocenters. The minimum absolute atomic E-state index is 0.906. The number of benzene rings is 2. The predicted molar refractivity (Wildman–Crippen MR) is 93.6 cm³/mol. The quantitative estimate of drug-likeness (QED) is 0.565. The van der Waals surface area contributed by atoms with Gasteiger partial charge in [0.15, 0.2) is 0 Å². The number of rotatable bonds is 2. The van der Waals surface area contributed by atoms with Gasteiger partial charge in [-0.05, 0) is 0 Å². The van der Waals surface area contributed by atoms with Crippen LogP contribution < -0.4 is 4.40 Å². The normalized spacial score (nSPS) is 15.8. The van der Waals surface area contributed by atoms with Gasteiger partial charge in [0, 0.05) is 0 Å². The molecule has 3 heteroatoms. The second-order valence-electron chi connectivity index (χ2n) is 5.56. The van der Waals surface area contributed by atoms with Crippen LogP contribution in [0.5, 0.6) is 0 Å². The fraction of sp³-hybridized carbons (Fsp3) is 0.111. The summed E-state index contributed by atoms with van der Waals surface area (Å²) in [6.07, 6.45) is 8.18. The first-order valence-electron chi connectivity index (χ1n) is 7.12. The van der Waals surface area contributed by atoms with Gasteiger partial charge < -0.3 is 0 Å². The average molecular weight is 374 g/mol. The van der Waals surface area contributed by atoms with Crippen molar-refractivity contribution in [2.24, 2.45) is 0 Å². The van der Waals surface area contributed by atoms with Crippen LogP contribution in [0.4, 0.5) is 0 Å². The van der Waals surface area contributed by atoms with E-state index in [1.54, 1.807) is 0 Å². The zero-order chi connectivity index (χ0) is 14.4. The predicted octanol–water partition coefficient (Wildman–Crippen LogP) is 4.81. The molecule has 0 bridgehead atoms. The Kier molecular flexibility index (Phi) is 3.29. The molecule has 2 aromatic rings. The average Bonchev–Trinajstić information content (AvgIpc) is 3.14. The summed E-state index contributed by atoms with van der Waals surface area (Å²) in [4.78, 5) is 0. The van der Waals surface area contributed by atoms with Gasteiger partial charge in [0.25, 0.3) is 0 Å². The third kappa shape index (κ3) is 2.12. The molecule has 2 aliphatic carbocycles. The summed E-state index contributed by atoms with van der Waals surface area (Å²) in [5.74, 6) is 0. The van der Waals surface area contributed by atoms with Crippen LogP contribution in [0.3, 0.4) is 0 Å². The molecule has 0 atom stereocenters. The van der Waals surface area contributed by atoms with E-state index in [9.17, 15) is 0 Å². The first-order chi connectivity index (χ1) is 10.2. The molecule has 0 radical (unpaired) electrons. The third-order valence-corrected chi connectivity index (χ3v) is 13.9. The van der Waals surface area contributed by atoms with Crippen molar-refractivity contribution in [2.75, 3.05) is 0 Å². The number of halogens is 2. The number of allylic oxidation sites excluding steroid dienone is 4. The van der Waals surface area contributed by atoms with Gasteiger partial charge >= 0.3 is 136 Å². The van der Waals surface area contributed by atoms with Crippen molar-refractivity contribution in [1.82, 2.24) is 0 Å². The van der Waals surface area contributed by atoms with E-state index in [1.807, 2.05) is 0 Å². The summed E-state index contributed by atoms with van der Waals surface area (Å²) in [7, 11) is 13.9. The van der Waals surface area contributed by atoms with Crippen molar-refractivity contribution < 1.29 is 0 Å². The van der Waals surface area contributed by atoms with Crippen molar-refractivity contribution in [3.63, 3.8) is 0 Å². The molecule has 0 aromatic heterocycles. The molecule has 2 aliphatic rings. The van der Waals surface area contributed by atoms with E-state index in [0.29, 0.717) is 0 Å². The standard InChI is InChI=1S/C18H14Cl2Ge/c19-21(20,14-7-2-3-8-14)18-11-5-10-16-15-9-4-1-6-13(15)12-17(16)18/h1-7,9-11H,8,12H2. The van der Waals surface area contributed by atoms with Crippen molar-refractivity contribution in [1.29, 1.82) is 0 Å². The van der Waals surface area contributed by atoms with Crippen LogP contribution in [0, 0.1) is 0 Å². The molecule has 0 N–H and O–H groups in total. The first-order valence-corrected chi connectivity index (χ1v) is 14.7. The summed E-state index contributed by atoms with van der Waals surface area (Å²) in [5.41, 5.74) is 5.37. The van der Waals surface area contributed by atoms with Crippen LogP contribution in [-0.4, -0.2) is 11.4 Å². The molecular formula is C18H14Cl2Ge. The van der Waals surface area contributed by atoms with Crippen LogP contribution in [-0.2, 0) is 6.42 Å². The molecule has 0 heterocycles. The Morgan fingerprint density at radius 2 is 1.71 bits per heavy atom. The molecule has 2 aromatic carbocycles. The molecule has 0 saturated heterocycles. The zero-order valence-electron chi connectivity index (χ0n) is 11.4. The fourth-order valence-electron chi connectivity index (χ4n) is 3.30. The summed E-state index contributed by atoms with van der Waals surface area (Å²) < 4.78 is 2.45. The SMILES string of the molecule is [Cl][Ge]([Cl])([C]1=CC=CC1)[c]1cccc2c1Cc1ccccc1-2. The van der Waals surface area contributed by atoms with Crippen molar-refractivity contribution in [3.8, 4) is 11.1 Å². The molecule has 0 fully saturated rings. The van der Waals surface area contributed by atoms with Crippen molar-refractivity contribution in [3.05, 3.63) is 76.2 Å². The van der Waals surface area contributed by atoms with Crippen LogP contribution in [0.25, 0.3) is 11.1 Å². The molecule has 104 valence electrons. The van der Waals surface area contributed by atoms with Gasteiger partial charge in [0.2, 0.25) is 0 Å². The Labute approximate surface area is 135 Å². The summed E-state index contributed by atoms with van der Waals surface area (Å²) >= 11 is -3.18. The van der Waals surface area contributed by atoms with Crippen molar-refractivity contribution in [2.45, 2.75) is 12.8 Å². The Balaban J connectivity index is 1.87. The minimum atomic E-state index is -3.18. The van der Waals surface area contributed by atoms with E-state index in [2.05, 4.69) is 60.7 Å². The molecule has 0 saturated carbocycles. The number of hydrogen-bond donors (Lipinski definition) is 0. The van der Waals surface area contributed by atoms with Gasteiger partial charge in [-0.25, -0.2) is 0 Å². The van der Waals surface area contributed by atoms with E-state index >= 15 is 0 Å². The van der Waals surface area contributed by atoms with E-state index in [0.717, 1.165) is 12.8 Å².